The number of likely N-dealkylation sites (N-methyl/N-ethyl adjacent to an activating group) is 1. The van der Waals surface area contributed by atoms with E-state index in [1.54, 1.807) is 0 Å². The van der Waals surface area contributed by atoms with Crippen LogP contribution in [0.1, 0.15) is 40.6 Å². The normalized spacial score (nSPS) is 11.2. The van der Waals surface area contributed by atoms with Crippen LogP contribution in [0.15, 0.2) is 0 Å². The van der Waals surface area contributed by atoms with Crippen LogP contribution in [0.4, 0.5) is 0 Å². The van der Waals surface area contributed by atoms with E-state index in [4.69, 9.17) is 0 Å². The van der Waals surface area contributed by atoms with Gasteiger partial charge in [-0.25, -0.2) is 4.98 Å². The van der Waals surface area contributed by atoms with Crippen LogP contribution in [0.2, 0.25) is 0 Å². The number of hydrogen-bond donors (Lipinski definition) is 2. The minimum absolute atomic E-state index is 0. The number of aromatic nitrogens is 1. The molecule has 0 spiro atoms. The van der Waals surface area contributed by atoms with Crippen molar-refractivity contribution in [3.63, 3.8) is 0 Å². The summed E-state index contributed by atoms with van der Waals surface area (Å²) in [6.45, 7) is 6.68. The van der Waals surface area contributed by atoms with Crippen LogP contribution >= 0.6 is 36.2 Å². The van der Waals surface area contributed by atoms with Crippen molar-refractivity contribution in [3.8, 4) is 0 Å². The first-order valence-corrected chi connectivity index (χ1v) is 6.81. The minimum Gasteiger partial charge on any atom is -0.350 e. The number of thiazole rings is 1. The summed E-state index contributed by atoms with van der Waals surface area (Å²) < 4.78 is 0. The predicted molar refractivity (Wildman–Crippen MR) is 86.2 cm³/mol. The molecule has 1 unspecified atom stereocenters. The topological polar surface area (TPSA) is 54.0 Å². The van der Waals surface area contributed by atoms with Crippen molar-refractivity contribution in [3.05, 3.63) is 15.6 Å². The first-order chi connectivity index (χ1) is 8.08. The van der Waals surface area contributed by atoms with Crippen molar-refractivity contribution >= 4 is 42.1 Å². The fraction of sp³-hybridized carbons (Fsp3) is 0.667. The van der Waals surface area contributed by atoms with Gasteiger partial charge in [0.25, 0.3) is 5.91 Å². The lowest BCUT2D eigenvalue weighted by molar-refractivity contribution is 0.0954. The number of nitrogens with one attached hydrogen (secondary N) is 2. The van der Waals surface area contributed by atoms with Gasteiger partial charge in [-0.2, -0.15) is 0 Å². The van der Waals surface area contributed by atoms with E-state index in [2.05, 4.69) is 22.5 Å². The van der Waals surface area contributed by atoms with Gasteiger partial charge in [-0.1, -0.05) is 6.92 Å². The van der Waals surface area contributed by atoms with E-state index in [0.29, 0.717) is 6.54 Å². The second kappa shape index (κ2) is 10.4. The highest BCUT2D eigenvalue weighted by molar-refractivity contribution is 7.13. The predicted octanol–water partition coefficient (Wildman–Crippen LogP) is 2.59. The van der Waals surface area contributed by atoms with Crippen molar-refractivity contribution in [2.75, 3.05) is 13.6 Å². The first-order valence-electron chi connectivity index (χ1n) is 6.00. The number of rotatable bonds is 6. The molecule has 1 amide bonds. The van der Waals surface area contributed by atoms with E-state index >= 15 is 0 Å². The molecular weight excluding hydrogens is 305 g/mol. The smallest absolute Gasteiger partial charge is 0.263 e. The molecule has 19 heavy (non-hydrogen) atoms. The molecular formula is C12H23Cl2N3OS. The van der Waals surface area contributed by atoms with E-state index in [9.17, 15) is 4.79 Å². The summed E-state index contributed by atoms with van der Waals surface area (Å²) in [6.07, 6.45) is 2.01. The molecule has 0 saturated carbocycles. The highest BCUT2D eigenvalue weighted by Crippen LogP contribution is 2.19. The molecule has 1 aromatic rings. The van der Waals surface area contributed by atoms with Gasteiger partial charge >= 0.3 is 0 Å². The van der Waals surface area contributed by atoms with Crippen LogP contribution in [0.5, 0.6) is 0 Å². The van der Waals surface area contributed by atoms with Crippen LogP contribution in [0, 0.1) is 6.92 Å². The van der Waals surface area contributed by atoms with E-state index in [0.717, 1.165) is 28.4 Å². The molecule has 4 nitrogen and oxygen atoms in total. The standard InChI is InChI=1S/C12H21N3OS.2ClH/c1-5-6-10-15-9(3)11(17-10)12(16)14-7-8(2)13-4;;/h8,13H,5-7H2,1-4H3,(H,14,16);2*1H. The summed E-state index contributed by atoms with van der Waals surface area (Å²) in [5.41, 5.74) is 0.841. The number of amides is 1. The van der Waals surface area contributed by atoms with Gasteiger partial charge in [0.05, 0.1) is 10.7 Å². The molecule has 112 valence electrons. The molecule has 1 heterocycles. The minimum atomic E-state index is -0.00977. The molecule has 1 aromatic heterocycles. The summed E-state index contributed by atoms with van der Waals surface area (Å²) in [7, 11) is 1.88. The number of carbonyl (C=O) groups excluding carboxylic acids is 1. The second-order valence-corrected chi connectivity index (χ2v) is 5.26. The van der Waals surface area contributed by atoms with E-state index in [-0.39, 0.29) is 36.8 Å². The Hall–Kier alpha value is -0.360. The van der Waals surface area contributed by atoms with E-state index < -0.39 is 0 Å². The van der Waals surface area contributed by atoms with Gasteiger partial charge in [-0.3, -0.25) is 4.79 Å². The molecule has 1 rings (SSSR count). The Morgan fingerprint density at radius 3 is 2.58 bits per heavy atom. The third-order valence-corrected chi connectivity index (χ3v) is 3.79. The van der Waals surface area contributed by atoms with Gasteiger partial charge in [-0.05, 0) is 33.7 Å². The fourth-order valence-electron chi connectivity index (χ4n) is 1.41. The molecule has 2 N–H and O–H groups in total. The number of halogens is 2. The molecule has 0 saturated heterocycles. The van der Waals surface area contributed by atoms with Crippen LogP contribution in [0.3, 0.4) is 0 Å². The maximum absolute atomic E-state index is 11.9. The molecule has 0 aromatic carbocycles. The monoisotopic (exact) mass is 327 g/mol. The highest BCUT2D eigenvalue weighted by atomic mass is 35.5. The van der Waals surface area contributed by atoms with E-state index in [1.165, 1.54) is 11.3 Å². The van der Waals surface area contributed by atoms with Crippen LogP contribution in [-0.2, 0) is 6.42 Å². The molecule has 7 heteroatoms. The zero-order valence-corrected chi connectivity index (χ0v) is 14.2. The van der Waals surface area contributed by atoms with Gasteiger partial charge in [0.2, 0.25) is 0 Å². The number of nitrogens with zero attached hydrogens (tertiary/aromatic N) is 1. The summed E-state index contributed by atoms with van der Waals surface area (Å²) in [5, 5.41) is 7.05. The van der Waals surface area contributed by atoms with Gasteiger partial charge < -0.3 is 10.6 Å². The van der Waals surface area contributed by atoms with Gasteiger partial charge in [0.1, 0.15) is 4.88 Å². The molecule has 0 aliphatic rings. The molecule has 0 bridgehead atoms. The van der Waals surface area contributed by atoms with Crippen molar-refractivity contribution in [1.82, 2.24) is 15.6 Å². The molecule has 0 aliphatic heterocycles. The Balaban J connectivity index is 0. The number of carbonyl (C=O) groups is 1. The van der Waals surface area contributed by atoms with Gasteiger partial charge in [0, 0.05) is 12.6 Å². The lowest BCUT2D eigenvalue weighted by Crippen LogP contribution is -2.37. The lowest BCUT2D eigenvalue weighted by Gasteiger charge is -2.10. The SMILES string of the molecule is CCCc1nc(C)c(C(=O)NCC(C)NC)s1.Cl.Cl. The Morgan fingerprint density at radius 1 is 1.42 bits per heavy atom. The first kappa shape index (κ1) is 20.9. The Kier molecular flexibility index (Phi) is 11.5. The van der Waals surface area contributed by atoms with E-state index in [1.807, 2.05) is 20.9 Å². The van der Waals surface area contributed by atoms with Crippen molar-refractivity contribution in [2.45, 2.75) is 39.7 Å². The number of hydrogen-bond acceptors (Lipinski definition) is 4. The largest absolute Gasteiger partial charge is 0.350 e. The van der Waals surface area contributed by atoms with Crippen molar-refractivity contribution in [1.29, 1.82) is 0 Å². The Bertz CT molecular complexity index is 385. The summed E-state index contributed by atoms with van der Waals surface area (Å²) in [4.78, 5) is 17.1. The highest BCUT2D eigenvalue weighted by Gasteiger charge is 2.14. The van der Waals surface area contributed by atoms with Crippen LogP contribution < -0.4 is 10.6 Å². The number of aryl methyl sites for hydroxylation is 2. The molecule has 0 fully saturated rings. The lowest BCUT2D eigenvalue weighted by atomic mass is 10.3. The fourth-order valence-corrected chi connectivity index (χ4v) is 2.49. The third kappa shape index (κ3) is 6.56. The molecule has 0 radical (unpaired) electrons. The maximum atomic E-state index is 11.9. The van der Waals surface area contributed by atoms with Crippen LogP contribution in [0.25, 0.3) is 0 Å². The quantitative estimate of drug-likeness (QED) is 0.844. The summed E-state index contributed by atoms with van der Waals surface area (Å²) in [5.74, 6) is -0.00977. The Morgan fingerprint density at radius 2 is 2.05 bits per heavy atom. The zero-order chi connectivity index (χ0) is 12.8. The average Bonchev–Trinajstić information content (AvgIpc) is 2.67. The van der Waals surface area contributed by atoms with Crippen LogP contribution in [-0.4, -0.2) is 30.5 Å². The molecule has 1 atom stereocenters. The Labute approximate surface area is 131 Å². The van der Waals surface area contributed by atoms with Crippen molar-refractivity contribution < 1.29 is 4.79 Å². The maximum Gasteiger partial charge on any atom is 0.263 e. The van der Waals surface area contributed by atoms with Gasteiger partial charge in [-0.15, -0.1) is 36.2 Å². The summed E-state index contributed by atoms with van der Waals surface area (Å²) >= 11 is 1.51. The zero-order valence-electron chi connectivity index (χ0n) is 11.8. The van der Waals surface area contributed by atoms with Crippen molar-refractivity contribution in [2.24, 2.45) is 0 Å². The average molecular weight is 328 g/mol. The summed E-state index contributed by atoms with van der Waals surface area (Å²) in [6, 6.07) is 0.280. The van der Waals surface area contributed by atoms with Gasteiger partial charge in [0.15, 0.2) is 0 Å². The second-order valence-electron chi connectivity index (χ2n) is 4.17. The molecule has 0 aliphatic carbocycles. The third-order valence-electron chi connectivity index (χ3n) is 2.57.